The Morgan fingerprint density at radius 1 is 0.477 bits per heavy atom. The van der Waals surface area contributed by atoms with Gasteiger partial charge in [0.1, 0.15) is 0 Å². The van der Waals surface area contributed by atoms with E-state index in [9.17, 15) is 19.8 Å². The summed E-state index contributed by atoms with van der Waals surface area (Å²) < 4.78 is 0. The van der Waals surface area contributed by atoms with E-state index in [4.69, 9.17) is 0 Å². The monoisotopic (exact) mass is 600 g/mol. The van der Waals surface area contributed by atoms with Gasteiger partial charge in [0.2, 0.25) is 0 Å². The number of carbonyl (C=O) groups is 2. The molecule has 2 rings (SSSR count). The maximum Gasteiger partial charge on any atom is 0.162 e. The Hall–Kier alpha value is -3.08. The van der Waals surface area contributed by atoms with E-state index in [-0.39, 0.29) is 22.4 Å². The van der Waals surface area contributed by atoms with Gasteiger partial charge in [-0.15, -0.1) is 0 Å². The Kier molecular flexibility index (Phi) is 12.9. The molecule has 0 spiro atoms. The first kappa shape index (κ1) is 37.1. The number of hydrogen-bond donors (Lipinski definition) is 2. The highest BCUT2D eigenvalue weighted by atomic mass is 16.3. The molecule has 2 saturated carbocycles. The van der Waals surface area contributed by atoms with Crippen molar-refractivity contribution in [3.05, 3.63) is 107 Å². The van der Waals surface area contributed by atoms with Crippen molar-refractivity contribution in [1.82, 2.24) is 0 Å². The largest absolute Gasteiger partial charge is 0.393 e. The van der Waals surface area contributed by atoms with Crippen molar-refractivity contribution in [2.75, 3.05) is 0 Å². The minimum Gasteiger partial charge on any atom is -0.393 e. The summed E-state index contributed by atoms with van der Waals surface area (Å²) in [6.45, 7) is 20.2. The molecule has 240 valence electrons. The van der Waals surface area contributed by atoms with E-state index >= 15 is 0 Å². The number of aliphatic hydroxyl groups excluding tert-OH is 2. The van der Waals surface area contributed by atoms with E-state index in [0.717, 1.165) is 22.3 Å². The number of allylic oxidation sites excluding steroid dienone is 18. The van der Waals surface area contributed by atoms with Crippen molar-refractivity contribution >= 4 is 11.6 Å². The standard InChI is InChI=1S/C40H56O4/c1-29(17-13-19-31(3)21-23-35(43)39(9)27-33(41)25-37(39,5)6)15-11-12-16-30(2)18-14-20-32(4)22-24-36(44)40(10)28-34(42)26-38(40,7)8/h11-24,33-34,41-42H,25-28H2,1-10H3/b12-11+,17-13+,18-14+,23-21+,24-22+,29-15+,30-16+,31-19+,32-20+/t33-,34?,39-,40-/m0/s1. The summed E-state index contributed by atoms with van der Waals surface area (Å²) in [4.78, 5) is 25.9. The highest BCUT2D eigenvalue weighted by molar-refractivity contribution is 5.96. The van der Waals surface area contributed by atoms with Crippen LogP contribution in [-0.4, -0.2) is 34.0 Å². The minimum absolute atomic E-state index is 0.0742. The van der Waals surface area contributed by atoms with Crippen LogP contribution >= 0.6 is 0 Å². The third-order valence-electron chi connectivity index (χ3n) is 10.1. The molecular formula is C40H56O4. The summed E-state index contributed by atoms with van der Waals surface area (Å²) in [6.07, 6.45) is 28.6. The van der Waals surface area contributed by atoms with Crippen molar-refractivity contribution in [2.45, 2.75) is 107 Å². The smallest absolute Gasteiger partial charge is 0.162 e. The number of ketones is 2. The molecule has 44 heavy (non-hydrogen) atoms. The van der Waals surface area contributed by atoms with Crippen LogP contribution in [0.5, 0.6) is 0 Å². The third-order valence-corrected chi connectivity index (χ3v) is 10.1. The summed E-state index contributed by atoms with van der Waals surface area (Å²) in [6, 6.07) is 0. The molecule has 0 saturated heterocycles. The number of hydrogen-bond acceptors (Lipinski definition) is 4. The van der Waals surface area contributed by atoms with Gasteiger partial charge in [-0.3, -0.25) is 9.59 Å². The maximum atomic E-state index is 12.9. The van der Waals surface area contributed by atoms with Crippen LogP contribution in [0.1, 0.15) is 94.9 Å². The summed E-state index contributed by atoms with van der Waals surface area (Å²) >= 11 is 0. The van der Waals surface area contributed by atoms with Crippen LogP contribution in [0.3, 0.4) is 0 Å². The molecule has 0 bridgehead atoms. The molecule has 0 aromatic carbocycles. The van der Waals surface area contributed by atoms with E-state index in [1.165, 1.54) is 0 Å². The fourth-order valence-corrected chi connectivity index (χ4v) is 6.26. The molecular weight excluding hydrogens is 544 g/mol. The Bertz CT molecular complexity index is 1230. The first-order valence-electron chi connectivity index (χ1n) is 15.9. The average Bonchev–Trinajstić information content (AvgIpc) is 3.27. The summed E-state index contributed by atoms with van der Waals surface area (Å²) in [5.74, 6) is 0.148. The topological polar surface area (TPSA) is 74.6 Å². The Morgan fingerprint density at radius 3 is 1.07 bits per heavy atom. The lowest BCUT2D eigenvalue weighted by Gasteiger charge is -2.35. The van der Waals surface area contributed by atoms with Crippen LogP contribution in [0.4, 0.5) is 0 Å². The highest BCUT2D eigenvalue weighted by Crippen LogP contribution is 2.54. The van der Waals surface area contributed by atoms with Gasteiger partial charge in [0.05, 0.1) is 12.2 Å². The Balaban J connectivity index is 1.87. The molecule has 0 heterocycles. The zero-order chi connectivity index (χ0) is 33.3. The molecule has 4 nitrogen and oxygen atoms in total. The second-order valence-corrected chi connectivity index (χ2v) is 14.7. The number of carbonyl (C=O) groups excluding carboxylic acids is 2. The van der Waals surface area contributed by atoms with Crippen molar-refractivity contribution in [3.63, 3.8) is 0 Å². The van der Waals surface area contributed by atoms with Gasteiger partial charge in [0, 0.05) is 10.8 Å². The van der Waals surface area contributed by atoms with E-state index in [2.05, 4.69) is 27.7 Å². The van der Waals surface area contributed by atoms with Gasteiger partial charge in [-0.1, -0.05) is 137 Å². The molecule has 1 unspecified atom stereocenters. The van der Waals surface area contributed by atoms with Gasteiger partial charge in [-0.2, -0.15) is 0 Å². The third kappa shape index (κ3) is 9.71. The second kappa shape index (κ2) is 15.3. The number of rotatable bonds is 12. The van der Waals surface area contributed by atoms with E-state index < -0.39 is 23.0 Å². The fourth-order valence-electron chi connectivity index (χ4n) is 6.26. The molecule has 0 aromatic rings. The van der Waals surface area contributed by atoms with Crippen LogP contribution < -0.4 is 0 Å². The lowest BCUT2D eigenvalue weighted by molar-refractivity contribution is -0.128. The first-order chi connectivity index (χ1) is 20.3. The summed E-state index contributed by atoms with van der Waals surface area (Å²) in [5.41, 5.74) is 2.65. The van der Waals surface area contributed by atoms with E-state index in [1.807, 2.05) is 114 Å². The summed E-state index contributed by atoms with van der Waals surface area (Å²) in [5, 5.41) is 20.2. The second-order valence-electron chi connectivity index (χ2n) is 14.7. The number of aliphatic hydroxyl groups is 2. The predicted molar refractivity (Wildman–Crippen MR) is 185 cm³/mol. The molecule has 4 atom stereocenters. The van der Waals surface area contributed by atoms with E-state index in [1.54, 1.807) is 12.2 Å². The van der Waals surface area contributed by atoms with Gasteiger partial charge in [0.25, 0.3) is 0 Å². The van der Waals surface area contributed by atoms with E-state index in [0.29, 0.717) is 25.7 Å². The zero-order valence-corrected chi connectivity index (χ0v) is 28.8. The lowest BCUT2D eigenvalue weighted by Crippen LogP contribution is -2.36. The Morgan fingerprint density at radius 2 is 0.773 bits per heavy atom. The molecule has 2 aliphatic rings. The van der Waals surface area contributed by atoms with Gasteiger partial charge < -0.3 is 10.2 Å². The highest BCUT2D eigenvalue weighted by Gasteiger charge is 2.53. The van der Waals surface area contributed by atoms with Gasteiger partial charge in [-0.05, 0) is 76.4 Å². The van der Waals surface area contributed by atoms with Crippen molar-refractivity contribution in [2.24, 2.45) is 21.7 Å². The predicted octanol–water partition coefficient (Wildman–Crippen LogP) is 9.07. The average molecular weight is 601 g/mol. The van der Waals surface area contributed by atoms with Gasteiger partial charge in [0.15, 0.2) is 11.6 Å². The quantitative estimate of drug-likeness (QED) is 0.173. The Labute approximate surface area is 267 Å². The minimum atomic E-state index is -0.542. The zero-order valence-electron chi connectivity index (χ0n) is 28.8. The first-order valence-corrected chi connectivity index (χ1v) is 15.9. The molecule has 0 amide bonds. The van der Waals surface area contributed by atoms with Crippen LogP contribution in [0.15, 0.2) is 107 Å². The van der Waals surface area contributed by atoms with Crippen LogP contribution in [0, 0.1) is 21.7 Å². The van der Waals surface area contributed by atoms with Crippen molar-refractivity contribution in [1.29, 1.82) is 0 Å². The maximum absolute atomic E-state index is 12.9. The van der Waals surface area contributed by atoms with Crippen LogP contribution in [-0.2, 0) is 9.59 Å². The molecule has 2 aliphatic carbocycles. The SMILES string of the molecule is CC(/C=C/C=C(C)/C=C/C(=O)[C@]1(C)CC(O)CC1(C)C)=C\C=C\C=C(C)\C=C\C=C(C)\C=C\C(=O)[C@]1(C)C[C@@H](O)CC1(C)C. The van der Waals surface area contributed by atoms with Gasteiger partial charge in [-0.25, -0.2) is 0 Å². The molecule has 2 fully saturated rings. The molecule has 0 aromatic heterocycles. The molecule has 0 aliphatic heterocycles. The summed E-state index contributed by atoms with van der Waals surface area (Å²) in [7, 11) is 0. The fraction of sp³-hybridized carbons (Fsp3) is 0.500. The normalized spacial score (nSPS) is 30.3. The molecule has 0 radical (unpaired) electrons. The van der Waals surface area contributed by atoms with Gasteiger partial charge >= 0.3 is 0 Å². The lowest BCUT2D eigenvalue weighted by atomic mass is 9.66. The molecule has 4 heteroatoms. The van der Waals surface area contributed by atoms with Crippen LogP contribution in [0.25, 0.3) is 0 Å². The van der Waals surface area contributed by atoms with Crippen molar-refractivity contribution in [3.8, 4) is 0 Å². The molecule has 2 N–H and O–H groups in total. The van der Waals surface area contributed by atoms with Crippen molar-refractivity contribution < 1.29 is 19.8 Å². The van der Waals surface area contributed by atoms with Crippen LogP contribution in [0.2, 0.25) is 0 Å².